The molecule has 1 aliphatic rings. The van der Waals surface area contributed by atoms with E-state index in [0.29, 0.717) is 11.8 Å². The van der Waals surface area contributed by atoms with Gasteiger partial charge in [0.1, 0.15) is 5.76 Å². The number of hydrogen-bond donors (Lipinski definition) is 1. The van der Waals surface area contributed by atoms with Crippen molar-refractivity contribution >= 4 is 16.7 Å². The molecule has 1 atom stereocenters. The highest BCUT2D eigenvalue weighted by Gasteiger charge is 2.25. The van der Waals surface area contributed by atoms with E-state index in [-0.39, 0.29) is 17.4 Å². The number of carbonyl (C=O) groups excluding carboxylic acids is 1. The first-order chi connectivity index (χ1) is 10.1. The largest absolute Gasteiger partial charge is 0.455 e. The smallest absolute Gasteiger partial charge is 0.287 e. The molecule has 1 N–H and O–H groups in total. The van der Waals surface area contributed by atoms with E-state index in [9.17, 15) is 9.00 Å². The molecule has 0 bridgehead atoms. The van der Waals surface area contributed by atoms with Gasteiger partial charge in [-0.3, -0.25) is 9.00 Å². The summed E-state index contributed by atoms with van der Waals surface area (Å²) in [5.41, 5.74) is 1.13. The van der Waals surface area contributed by atoms with Crippen LogP contribution in [0.25, 0.3) is 0 Å². The van der Waals surface area contributed by atoms with Crippen LogP contribution in [-0.4, -0.2) is 16.2 Å². The van der Waals surface area contributed by atoms with E-state index in [1.165, 1.54) is 0 Å². The molecule has 21 heavy (non-hydrogen) atoms. The fraction of sp³-hybridized carbons (Fsp3) is 0.312. The lowest BCUT2D eigenvalue weighted by molar-refractivity contribution is 0.0922. The molecule has 2 aromatic rings. The Morgan fingerprint density at radius 1 is 1.24 bits per heavy atom. The number of hydrogen-bond acceptors (Lipinski definition) is 3. The summed E-state index contributed by atoms with van der Waals surface area (Å²) in [5.74, 6) is 0.942. The van der Waals surface area contributed by atoms with Gasteiger partial charge in [0.15, 0.2) is 5.76 Å². The predicted octanol–water partition coefficient (Wildman–Crippen LogP) is 2.79. The number of nitrogens with one attached hydrogen (secondary N) is 1. The lowest BCUT2D eigenvalue weighted by atomic mass is 10.2. The van der Waals surface area contributed by atoms with Gasteiger partial charge in [-0.15, -0.1) is 0 Å². The van der Waals surface area contributed by atoms with Crippen LogP contribution in [0.15, 0.2) is 45.7 Å². The fourth-order valence-corrected chi connectivity index (χ4v) is 2.98. The average molecular weight is 303 g/mol. The Labute approximate surface area is 126 Å². The van der Waals surface area contributed by atoms with E-state index in [1.54, 1.807) is 12.1 Å². The third kappa shape index (κ3) is 3.61. The number of amides is 1. The molecule has 0 saturated heterocycles. The lowest BCUT2D eigenvalue weighted by Crippen LogP contribution is -2.24. The minimum absolute atomic E-state index is 0.190. The molecule has 5 heteroatoms. The van der Waals surface area contributed by atoms with Gasteiger partial charge in [0.25, 0.3) is 5.91 Å². The van der Waals surface area contributed by atoms with Gasteiger partial charge in [-0.05, 0) is 44.0 Å². The average Bonchev–Trinajstić information content (AvgIpc) is 3.15. The highest BCUT2D eigenvalue weighted by Crippen LogP contribution is 2.20. The van der Waals surface area contributed by atoms with Crippen molar-refractivity contribution in [3.05, 3.63) is 53.5 Å². The lowest BCUT2D eigenvalue weighted by Gasteiger charge is -2.01. The molecule has 1 heterocycles. The third-order valence-corrected chi connectivity index (χ3v) is 4.70. The van der Waals surface area contributed by atoms with Gasteiger partial charge in [0.05, 0.1) is 16.6 Å². The number of carbonyl (C=O) groups is 1. The minimum Gasteiger partial charge on any atom is -0.455 e. The van der Waals surface area contributed by atoms with E-state index in [4.69, 9.17) is 4.42 Å². The standard InChI is InChI=1S/C16H17NO3S/c1-11-2-7-14(8-3-11)21(19)10-13-6-9-15(20-13)16(18)17-12-4-5-12/h2-3,6-9,12H,4-5,10H2,1H3,(H,17,18)/t21-/m0/s1. The Balaban J connectivity index is 1.64. The summed E-state index contributed by atoms with van der Waals surface area (Å²) >= 11 is 0. The number of rotatable bonds is 5. The van der Waals surface area contributed by atoms with Crippen molar-refractivity contribution in [3.63, 3.8) is 0 Å². The Morgan fingerprint density at radius 2 is 1.95 bits per heavy atom. The molecule has 1 fully saturated rings. The molecule has 0 unspecified atom stereocenters. The van der Waals surface area contributed by atoms with Crippen LogP contribution in [0, 0.1) is 6.92 Å². The summed E-state index contributed by atoms with van der Waals surface area (Å²) in [7, 11) is -1.17. The van der Waals surface area contributed by atoms with Gasteiger partial charge in [-0.1, -0.05) is 17.7 Å². The van der Waals surface area contributed by atoms with Gasteiger partial charge >= 0.3 is 0 Å². The van der Waals surface area contributed by atoms with Crippen molar-refractivity contribution in [1.82, 2.24) is 5.32 Å². The van der Waals surface area contributed by atoms with Gasteiger partial charge in [-0.2, -0.15) is 0 Å². The highest BCUT2D eigenvalue weighted by molar-refractivity contribution is 7.84. The van der Waals surface area contributed by atoms with Crippen molar-refractivity contribution in [3.8, 4) is 0 Å². The molecule has 0 aliphatic heterocycles. The molecule has 1 amide bonds. The van der Waals surface area contributed by atoms with Crippen LogP contribution in [0.3, 0.4) is 0 Å². The van der Waals surface area contributed by atoms with Crippen molar-refractivity contribution in [1.29, 1.82) is 0 Å². The Bertz CT molecular complexity index is 671. The van der Waals surface area contributed by atoms with Gasteiger partial charge in [0, 0.05) is 10.9 Å². The van der Waals surface area contributed by atoms with Crippen LogP contribution < -0.4 is 5.32 Å². The molecule has 1 aliphatic carbocycles. The van der Waals surface area contributed by atoms with E-state index < -0.39 is 10.8 Å². The van der Waals surface area contributed by atoms with Crippen LogP contribution in [-0.2, 0) is 16.6 Å². The van der Waals surface area contributed by atoms with Crippen LogP contribution >= 0.6 is 0 Å². The van der Waals surface area contributed by atoms with Crippen molar-refractivity contribution < 1.29 is 13.4 Å². The van der Waals surface area contributed by atoms with E-state index in [0.717, 1.165) is 23.3 Å². The van der Waals surface area contributed by atoms with Gasteiger partial charge < -0.3 is 9.73 Å². The first-order valence-electron chi connectivity index (χ1n) is 6.96. The maximum atomic E-state index is 12.2. The molecular formula is C16H17NO3S. The molecule has 1 saturated carbocycles. The third-order valence-electron chi connectivity index (χ3n) is 3.36. The molecule has 3 rings (SSSR count). The second-order valence-electron chi connectivity index (χ2n) is 5.32. The van der Waals surface area contributed by atoms with Crippen LogP contribution in [0.2, 0.25) is 0 Å². The zero-order chi connectivity index (χ0) is 14.8. The predicted molar refractivity (Wildman–Crippen MR) is 80.5 cm³/mol. The van der Waals surface area contributed by atoms with E-state index in [1.807, 2.05) is 31.2 Å². The van der Waals surface area contributed by atoms with Gasteiger partial charge in [-0.25, -0.2) is 0 Å². The topological polar surface area (TPSA) is 59.3 Å². The van der Waals surface area contributed by atoms with E-state index in [2.05, 4.69) is 5.32 Å². The highest BCUT2D eigenvalue weighted by atomic mass is 32.2. The van der Waals surface area contributed by atoms with Crippen molar-refractivity contribution in [2.45, 2.75) is 36.5 Å². The first kappa shape index (κ1) is 14.1. The van der Waals surface area contributed by atoms with Gasteiger partial charge in [0.2, 0.25) is 0 Å². The first-order valence-corrected chi connectivity index (χ1v) is 8.28. The number of furan rings is 1. The second kappa shape index (κ2) is 5.85. The maximum Gasteiger partial charge on any atom is 0.287 e. The summed E-state index contributed by atoms with van der Waals surface area (Å²) in [6.45, 7) is 1.99. The summed E-state index contributed by atoms with van der Waals surface area (Å²) in [6.07, 6.45) is 2.08. The Hall–Kier alpha value is -1.88. The summed E-state index contributed by atoms with van der Waals surface area (Å²) < 4.78 is 17.7. The quantitative estimate of drug-likeness (QED) is 0.924. The minimum atomic E-state index is -1.17. The summed E-state index contributed by atoms with van der Waals surface area (Å²) in [6, 6.07) is 11.2. The van der Waals surface area contributed by atoms with Crippen LogP contribution in [0.4, 0.5) is 0 Å². The van der Waals surface area contributed by atoms with Crippen molar-refractivity contribution in [2.75, 3.05) is 0 Å². The monoisotopic (exact) mass is 303 g/mol. The number of benzene rings is 1. The number of aryl methyl sites for hydroxylation is 1. The second-order valence-corrected chi connectivity index (χ2v) is 6.77. The Morgan fingerprint density at radius 3 is 2.62 bits per heavy atom. The SMILES string of the molecule is Cc1ccc([S@@](=O)Cc2ccc(C(=O)NC3CC3)o2)cc1. The van der Waals surface area contributed by atoms with Crippen LogP contribution in [0.5, 0.6) is 0 Å². The summed E-state index contributed by atoms with van der Waals surface area (Å²) in [4.78, 5) is 12.6. The van der Waals surface area contributed by atoms with Crippen LogP contribution in [0.1, 0.15) is 34.7 Å². The molecule has 0 spiro atoms. The maximum absolute atomic E-state index is 12.2. The normalized spacial score (nSPS) is 15.7. The molecule has 110 valence electrons. The molecular weight excluding hydrogens is 286 g/mol. The molecule has 1 aromatic carbocycles. The molecule has 0 radical (unpaired) electrons. The molecule has 1 aromatic heterocycles. The van der Waals surface area contributed by atoms with E-state index >= 15 is 0 Å². The molecule has 4 nitrogen and oxygen atoms in total. The van der Waals surface area contributed by atoms with Crippen molar-refractivity contribution in [2.24, 2.45) is 0 Å². The fourth-order valence-electron chi connectivity index (χ4n) is 1.96. The zero-order valence-electron chi connectivity index (χ0n) is 11.8. The Kier molecular flexibility index (Phi) is 3.92. The zero-order valence-corrected chi connectivity index (χ0v) is 12.6. The summed E-state index contributed by atoms with van der Waals surface area (Å²) in [5, 5.41) is 2.87.